The van der Waals surface area contributed by atoms with Gasteiger partial charge in [-0.3, -0.25) is 9.59 Å². The van der Waals surface area contributed by atoms with Gasteiger partial charge in [0.2, 0.25) is 0 Å². The summed E-state index contributed by atoms with van der Waals surface area (Å²) in [4.78, 5) is 36.3. The summed E-state index contributed by atoms with van der Waals surface area (Å²) >= 11 is 0. The number of pyridine rings is 1. The van der Waals surface area contributed by atoms with E-state index < -0.39 is 35.0 Å². The number of methoxy groups -OCH3 is 1. The summed E-state index contributed by atoms with van der Waals surface area (Å²) in [6, 6.07) is 12.1. The fourth-order valence-corrected chi connectivity index (χ4v) is 4.17. The van der Waals surface area contributed by atoms with Crippen LogP contribution in [-0.4, -0.2) is 54.9 Å². The summed E-state index contributed by atoms with van der Waals surface area (Å²) in [6.45, 7) is 7.44. The van der Waals surface area contributed by atoms with Gasteiger partial charge in [-0.05, 0) is 65.0 Å². The Balaban J connectivity index is 0.000000383. The van der Waals surface area contributed by atoms with Gasteiger partial charge >= 0.3 is 18.2 Å². The highest BCUT2D eigenvalue weighted by molar-refractivity contribution is 5.85. The van der Waals surface area contributed by atoms with E-state index in [0.29, 0.717) is 12.1 Å². The van der Waals surface area contributed by atoms with Crippen LogP contribution >= 0.6 is 0 Å². The Kier molecular flexibility index (Phi) is 11.1. The van der Waals surface area contributed by atoms with E-state index in [2.05, 4.69) is 10.1 Å². The topological polar surface area (TPSA) is 89.9 Å². The van der Waals surface area contributed by atoms with Crippen LogP contribution in [0.3, 0.4) is 0 Å². The highest BCUT2D eigenvalue weighted by atomic mass is 19.4. The van der Waals surface area contributed by atoms with Crippen molar-refractivity contribution in [1.82, 2.24) is 14.8 Å². The smallest absolute Gasteiger partial charge is 0.417 e. The molecule has 0 aliphatic carbocycles. The third kappa shape index (κ3) is 9.93. The number of nitrogens with one attached hydrogen (secondary N) is 1. The van der Waals surface area contributed by atoms with Crippen LogP contribution in [0.1, 0.15) is 48.6 Å². The highest BCUT2D eigenvalue weighted by Crippen LogP contribution is 2.37. The molecule has 0 radical (unpaired) electrons. The average molecular weight is 578 g/mol. The Labute approximate surface area is 238 Å². The maximum atomic E-state index is 14.1. The molecule has 41 heavy (non-hydrogen) atoms. The minimum absolute atomic E-state index is 0.0585. The van der Waals surface area contributed by atoms with Crippen molar-refractivity contribution in [3.8, 4) is 0 Å². The Morgan fingerprint density at radius 2 is 1.68 bits per heavy atom. The van der Waals surface area contributed by atoms with E-state index in [-0.39, 0.29) is 29.4 Å². The number of aromatic nitrogens is 1. The summed E-state index contributed by atoms with van der Waals surface area (Å²) in [7, 11) is 6.49. The second kappa shape index (κ2) is 13.7. The minimum atomic E-state index is -4.62. The molecule has 1 heterocycles. The van der Waals surface area contributed by atoms with Crippen molar-refractivity contribution < 1.29 is 32.2 Å². The molecule has 0 aliphatic heterocycles. The molecule has 2 aromatic carbocycles. The minimum Gasteiger partial charge on any atom is -0.468 e. The molecule has 0 bridgehead atoms. The molecule has 0 aliphatic rings. The number of carbonyl (C=O) groups excluding carboxylic acids is 2. The monoisotopic (exact) mass is 577 g/mol. The molecule has 0 saturated carbocycles. The second-order valence-electron chi connectivity index (χ2n) is 10.9. The summed E-state index contributed by atoms with van der Waals surface area (Å²) in [5.41, 5.74) is 0.476. The quantitative estimate of drug-likeness (QED) is 0.405. The SMILES string of the molecule is COC(=O)CNC(=O)OC(C)(C)C.Cc1cccc(Cc2c(C(F)(F)F)c3cc(CN(C)C)ccc3n(C)c2=O)c1. The van der Waals surface area contributed by atoms with Crippen LogP contribution in [0, 0.1) is 6.92 Å². The molecule has 0 fully saturated rings. The van der Waals surface area contributed by atoms with E-state index in [0.717, 1.165) is 11.1 Å². The molecule has 0 unspecified atom stereocenters. The largest absolute Gasteiger partial charge is 0.468 e. The normalized spacial score (nSPS) is 11.6. The molecule has 8 nitrogen and oxygen atoms in total. The molecular weight excluding hydrogens is 539 g/mol. The summed E-state index contributed by atoms with van der Waals surface area (Å²) < 4.78 is 52.8. The molecule has 3 rings (SSSR count). The molecule has 3 aromatic rings. The lowest BCUT2D eigenvalue weighted by molar-refractivity contribution is -0.139. The molecular formula is C30H38F3N3O5. The van der Waals surface area contributed by atoms with E-state index in [9.17, 15) is 27.6 Å². The van der Waals surface area contributed by atoms with E-state index in [1.54, 1.807) is 51.1 Å². The highest BCUT2D eigenvalue weighted by Gasteiger charge is 2.37. The first kappa shape index (κ1) is 33.3. The van der Waals surface area contributed by atoms with E-state index in [1.807, 2.05) is 38.1 Å². The first-order valence-electron chi connectivity index (χ1n) is 12.9. The van der Waals surface area contributed by atoms with Crippen LogP contribution in [0.5, 0.6) is 0 Å². The van der Waals surface area contributed by atoms with Crippen LogP contribution in [0.2, 0.25) is 0 Å². The zero-order valence-corrected chi connectivity index (χ0v) is 24.7. The van der Waals surface area contributed by atoms with Crippen LogP contribution in [-0.2, 0) is 40.5 Å². The summed E-state index contributed by atoms with van der Waals surface area (Å²) in [6.07, 6.45) is -5.31. The van der Waals surface area contributed by atoms with Crippen LogP contribution in [0.25, 0.3) is 10.9 Å². The Morgan fingerprint density at radius 3 is 2.22 bits per heavy atom. The summed E-state index contributed by atoms with van der Waals surface area (Å²) in [5.74, 6) is -0.508. The number of alkyl carbamates (subject to hydrolysis) is 1. The van der Waals surface area contributed by atoms with Gasteiger partial charge in [0, 0.05) is 31.0 Å². The van der Waals surface area contributed by atoms with Crippen LogP contribution < -0.4 is 10.9 Å². The van der Waals surface area contributed by atoms with Gasteiger partial charge in [0.25, 0.3) is 5.56 Å². The first-order valence-corrected chi connectivity index (χ1v) is 12.9. The molecule has 11 heteroatoms. The molecule has 224 valence electrons. The number of carbonyl (C=O) groups is 2. The molecule has 1 amide bonds. The number of halogens is 3. The standard InChI is InChI=1S/C22H23F3N2O.C8H15NO4/c1-14-6-5-7-15(10-14)11-18-20(22(23,24)25)17-12-16(13-26(2)3)8-9-19(17)27(4)21(18)28;1-8(2,3)13-7(11)9-5-6(10)12-4/h5-10,12H,11,13H2,1-4H3;5H2,1-4H3,(H,9,11). The van der Waals surface area contributed by atoms with Crippen molar-refractivity contribution >= 4 is 23.0 Å². The maximum absolute atomic E-state index is 14.1. The zero-order chi connectivity index (χ0) is 31.1. The number of fused-ring (bicyclic) bond motifs is 1. The summed E-state index contributed by atoms with van der Waals surface area (Å²) in [5, 5.41) is 2.32. The van der Waals surface area contributed by atoms with Gasteiger partial charge in [-0.1, -0.05) is 35.9 Å². The number of benzene rings is 2. The number of esters is 1. The number of ether oxygens (including phenoxy) is 2. The fourth-order valence-electron chi connectivity index (χ4n) is 4.17. The number of hydrogen-bond donors (Lipinski definition) is 1. The number of aryl methyl sites for hydroxylation is 2. The average Bonchev–Trinajstić information content (AvgIpc) is 2.84. The van der Waals surface area contributed by atoms with Gasteiger partial charge in [-0.2, -0.15) is 13.2 Å². The van der Waals surface area contributed by atoms with Gasteiger partial charge in [-0.15, -0.1) is 0 Å². The van der Waals surface area contributed by atoms with Gasteiger partial charge in [0.05, 0.1) is 18.2 Å². The van der Waals surface area contributed by atoms with Gasteiger partial charge in [0.1, 0.15) is 12.1 Å². The van der Waals surface area contributed by atoms with Crippen molar-refractivity contribution in [3.63, 3.8) is 0 Å². The number of rotatable bonds is 6. The second-order valence-corrected chi connectivity index (χ2v) is 10.9. The number of hydrogen-bond acceptors (Lipinski definition) is 6. The zero-order valence-electron chi connectivity index (χ0n) is 24.7. The van der Waals surface area contributed by atoms with Crippen LogP contribution in [0.15, 0.2) is 47.3 Å². The number of nitrogens with zero attached hydrogens (tertiary/aromatic N) is 2. The number of amides is 1. The third-order valence-electron chi connectivity index (χ3n) is 5.81. The lowest BCUT2D eigenvalue weighted by Crippen LogP contribution is -2.35. The maximum Gasteiger partial charge on any atom is 0.417 e. The van der Waals surface area contributed by atoms with Crippen molar-refractivity contribution in [2.75, 3.05) is 27.7 Å². The lowest BCUT2D eigenvalue weighted by Gasteiger charge is -2.19. The molecule has 1 N–H and O–H groups in total. The Bertz CT molecular complexity index is 1440. The van der Waals surface area contributed by atoms with Crippen molar-refractivity contribution in [2.24, 2.45) is 7.05 Å². The van der Waals surface area contributed by atoms with Gasteiger partial charge in [-0.25, -0.2) is 4.79 Å². The first-order chi connectivity index (χ1) is 18.9. The van der Waals surface area contributed by atoms with Crippen LogP contribution in [0.4, 0.5) is 18.0 Å². The van der Waals surface area contributed by atoms with E-state index in [1.165, 1.54) is 18.7 Å². The Hall–Kier alpha value is -3.86. The lowest BCUT2D eigenvalue weighted by atomic mass is 9.95. The van der Waals surface area contributed by atoms with Gasteiger partial charge < -0.3 is 24.3 Å². The van der Waals surface area contributed by atoms with Crippen molar-refractivity contribution in [2.45, 2.75) is 52.4 Å². The predicted molar refractivity (Wildman–Crippen MR) is 152 cm³/mol. The van der Waals surface area contributed by atoms with Gasteiger partial charge in [0.15, 0.2) is 0 Å². The third-order valence-corrected chi connectivity index (χ3v) is 5.81. The fraction of sp³-hybridized carbons (Fsp3) is 0.433. The van der Waals surface area contributed by atoms with E-state index >= 15 is 0 Å². The molecule has 0 saturated heterocycles. The van der Waals surface area contributed by atoms with E-state index in [4.69, 9.17) is 4.74 Å². The molecule has 1 aromatic heterocycles. The van der Waals surface area contributed by atoms with Crippen molar-refractivity contribution in [3.05, 3.63) is 80.6 Å². The molecule has 0 atom stereocenters. The predicted octanol–water partition coefficient (Wildman–Crippen LogP) is 5.20. The molecule has 0 spiro atoms. The Morgan fingerprint density at radius 1 is 1.02 bits per heavy atom. The number of alkyl halides is 3. The van der Waals surface area contributed by atoms with Crippen molar-refractivity contribution in [1.29, 1.82) is 0 Å².